The molecular weight excluding hydrogens is 190 g/mol. The van der Waals surface area contributed by atoms with E-state index in [0.29, 0.717) is 12.2 Å². The van der Waals surface area contributed by atoms with Crippen LogP contribution in [0.15, 0.2) is 24.3 Å². The Balaban J connectivity index is 2.57. The van der Waals surface area contributed by atoms with Gasteiger partial charge in [-0.05, 0) is 26.0 Å². The summed E-state index contributed by atoms with van der Waals surface area (Å²) in [4.78, 5) is 11.7. The summed E-state index contributed by atoms with van der Waals surface area (Å²) in [5.74, 6) is -0.0560. The van der Waals surface area contributed by atoms with Crippen molar-refractivity contribution < 1.29 is 9.53 Å². The second kappa shape index (κ2) is 5.51. The molecule has 0 aliphatic carbocycles. The smallest absolute Gasteiger partial charge is 0.251 e. The minimum absolute atomic E-state index is 0.0313. The Morgan fingerprint density at radius 1 is 1.40 bits per heavy atom. The van der Waals surface area contributed by atoms with Crippen molar-refractivity contribution in [2.45, 2.75) is 19.9 Å². The molecule has 1 atom stereocenters. The van der Waals surface area contributed by atoms with E-state index in [9.17, 15) is 4.79 Å². The first-order valence-corrected chi connectivity index (χ1v) is 5.00. The Hall–Kier alpha value is -1.35. The molecule has 0 aliphatic rings. The second-order valence-electron chi connectivity index (χ2n) is 3.70. The van der Waals surface area contributed by atoms with E-state index in [1.54, 1.807) is 7.11 Å². The highest BCUT2D eigenvalue weighted by Gasteiger charge is 2.08. The van der Waals surface area contributed by atoms with E-state index in [2.05, 4.69) is 5.32 Å². The molecule has 0 saturated carbocycles. The Bertz CT molecular complexity index is 319. The first-order chi connectivity index (χ1) is 7.13. The summed E-state index contributed by atoms with van der Waals surface area (Å²) in [6.07, 6.45) is 0. The van der Waals surface area contributed by atoms with Crippen LogP contribution in [-0.4, -0.2) is 25.7 Å². The highest BCUT2D eigenvalue weighted by atomic mass is 16.5. The Labute approximate surface area is 90.4 Å². The number of amides is 1. The SMILES string of the molecule is COC[C@H](C)NC(=O)c1ccc(C)cc1. The fourth-order valence-electron chi connectivity index (χ4n) is 1.30. The molecule has 3 nitrogen and oxygen atoms in total. The third-order valence-corrected chi connectivity index (χ3v) is 2.11. The molecule has 1 N–H and O–H groups in total. The first kappa shape index (κ1) is 11.7. The molecule has 0 heterocycles. The van der Waals surface area contributed by atoms with E-state index in [1.165, 1.54) is 0 Å². The predicted molar refractivity (Wildman–Crippen MR) is 60.0 cm³/mol. The van der Waals surface area contributed by atoms with Gasteiger partial charge >= 0.3 is 0 Å². The van der Waals surface area contributed by atoms with Crippen LogP contribution in [0.25, 0.3) is 0 Å². The lowest BCUT2D eigenvalue weighted by Crippen LogP contribution is -2.35. The van der Waals surface area contributed by atoms with Crippen molar-refractivity contribution in [3.63, 3.8) is 0 Å². The quantitative estimate of drug-likeness (QED) is 0.817. The summed E-state index contributed by atoms with van der Waals surface area (Å²) in [5.41, 5.74) is 1.83. The zero-order valence-electron chi connectivity index (χ0n) is 9.41. The van der Waals surface area contributed by atoms with Gasteiger partial charge < -0.3 is 10.1 Å². The highest BCUT2D eigenvalue weighted by molar-refractivity contribution is 5.94. The van der Waals surface area contributed by atoms with Crippen LogP contribution < -0.4 is 5.32 Å². The molecule has 15 heavy (non-hydrogen) atoms. The molecule has 0 bridgehead atoms. The number of hydrogen-bond donors (Lipinski definition) is 1. The van der Waals surface area contributed by atoms with Crippen LogP contribution in [0.2, 0.25) is 0 Å². The van der Waals surface area contributed by atoms with Gasteiger partial charge in [-0.1, -0.05) is 17.7 Å². The third kappa shape index (κ3) is 3.72. The highest BCUT2D eigenvalue weighted by Crippen LogP contribution is 2.03. The maximum absolute atomic E-state index is 11.7. The normalized spacial score (nSPS) is 12.2. The van der Waals surface area contributed by atoms with Crippen LogP contribution in [-0.2, 0) is 4.74 Å². The summed E-state index contributed by atoms with van der Waals surface area (Å²) in [6.45, 7) is 4.43. The summed E-state index contributed by atoms with van der Waals surface area (Å²) in [7, 11) is 1.62. The van der Waals surface area contributed by atoms with Gasteiger partial charge in [0.05, 0.1) is 6.61 Å². The monoisotopic (exact) mass is 207 g/mol. The molecule has 0 unspecified atom stereocenters. The molecule has 0 radical (unpaired) electrons. The number of carbonyl (C=O) groups excluding carboxylic acids is 1. The van der Waals surface area contributed by atoms with Crippen molar-refractivity contribution in [3.05, 3.63) is 35.4 Å². The molecule has 0 saturated heterocycles. The van der Waals surface area contributed by atoms with Crippen molar-refractivity contribution in [2.24, 2.45) is 0 Å². The van der Waals surface area contributed by atoms with Gasteiger partial charge in [0.2, 0.25) is 0 Å². The van der Waals surface area contributed by atoms with Crippen LogP contribution in [0.4, 0.5) is 0 Å². The first-order valence-electron chi connectivity index (χ1n) is 5.00. The molecule has 0 aliphatic heterocycles. The Kier molecular flexibility index (Phi) is 4.31. The number of hydrogen-bond acceptors (Lipinski definition) is 2. The summed E-state index contributed by atoms with van der Waals surface area (Å²) in [6, 6.07) is 7.53. The van der Waals surface area contributed by atoms with E-state index < -0.39 is 0 Å². The van der Waals surface area contributed by atoms with Gasteiger partial charge in [-0.15, -0.1) is 0 Å². The van der Waals surface area contributed by atoms with Crippen molar-refractivity contribution in [3.8, 4) is 0 Å². The number of rotatable bonds is 4. The van der Waals surface area contributed by atoms with Gasteiger partial charge in [0.15, 0.2) is 0 Å². The zero-order chi connectivity index (χ0) is 11.3. The van der Waals surface area contributed by atoms with Gasteiger partial charge in [-0.3, -0.25) is 4.79 Å². The predicted octanol–water partition coefficient (Wildman–Crippen LogP) is 1.76. The van der Waals surface area contributed by atoms with Crippen molar-refractivity contribution in [2.75, 3.05) is 13.7 Å². The topological polar surface area (TPSA) is 38.3 Å². The van der Waals surface area contributed by atoms with Crippen LogP contribution in [0, 0.1) is 6.92 Å². The van der Waals surface area contributed by atoms with E-state index in [-0.39, 0.29) is 11.9 Å². The maximum Gasteiger partial charge on any atom is 0.251 e. The number of methoxy groups -OCH3 is 1. The molecule has 82 valence electrons. The molecule has 1 aromatic carbocycles. The number of aryl methyl sites for hydroxylation is 1. The molecule has 1 rings (SSSR count). The largest absolute Gasteiger partial charge is 0.383 e. The molecule has 1 amide bonds. The Morgan fingerprint density at radius 3 is 2.53 bits per heavy atom. The fourth-order valence-corrected chi connectivity index (χ4v) is 1.30. The van der Waals surface area contributed by atoms with Gasteiger partial charge in [0, 0.05) is 18.7 Å². The standard InChI is InChI=1S/C12H17NO2/c1-9-4-6-11(7-5-9)12(14)13-10(2)8-15-3/h4-7,10H,8H2,1-3H3,(H,13,14)/t10-/m0/s1. The Morgan fingerprint density at radius 2 is 2.00 bits per heavy atom. The van der Waals surface area contributed by atoms with Gasteiger partial charge in [-0.25, -0.2) is 0 Å². The van der Waals surface area contributed by atoms with Gasteiger partial charge in [0.1, 0.15) is 0 Å². The van der Waals surface area contributed by atoms with Crippen LogP contribution in [0.5, 0.6) is 0 Å². The van der Waals surface area contributed by atoms with Crippen molar-refractivity contribution in [1.29, 1.82) is 0 Å². The van der Waals surface area contributed by atoms with Crippen molar-refractivity contribution in [1.82, 2.24) is 5.32 Å². The van der Waals surface area contributed by atoms with E-state index >= 15 is 0 Å². The fraction of sp³-hybridized carbons (Fsp3) is 0.417. The van der Waals surface area contributed by atoms with E-state index in [4.69, 9.17) is 4.74 Å². The van der Waals surface area contributed by atoms with Gasteiger partial charge in [-0.2, -0.15) is 0 Å². The summed E-state index contributed by atoms with van der Waals surface area (Å²) < 4.78 is 4.94. The molecule has 0 fully saturated rings. The lowest BCUT2D eigenvalue weighted by molar-refractivity contribution is 0.0905. The number of carbonyl (C=O) groups is 1. The zero-order valence-corrected chi connectivity index (χ0v) is 9.41. The number of ether oxygens (including phenoxy) is 1. The maximum atomic E-state index is 11.7. The van der Waals surface area contributed by atoms with Crippen LogP contribution >= 0.6 is 0 Å². The summed E-state index contributed by atoms with van der Waals surface area (Å²) >= 11 is 0. The number of nitrogens with one attached hydrogen (secondary N) is 1. The minimum Gasteiger partial charge on any atom is -0.383 e. The van der Waals surface area contributed by atoms with Crippen LogP contribution in [0.1, 0.15) is 22.8 Å². The summed E-state index contributed by atoms with van der Waals surface area (Å²) in [5, 5.41) is 2.85. The van der Waals surface area contributed by atoms with E-state index in [1.807, 2.05) is 38.1 Å². The minimum atomic E-state index is -0.0560. The molecule has 3 heteroatoms. The van der Waals surface area contributed by atoms with Crippen molar-refractivity contribution >= 4 is 5.91 Å². The molecule has 0 spiro atoms. The molecule has 1 aromatic rings. The average molecular weight is 207 g/mol. The average Bonchev–Trinajstić information content (AvgIpc) is 2.18. The number of benzene rings is 1. The lowest BCUT2D eigenvalue weighted by Gasteiger charge is -2.12. The molecular formula is C12H17NO2. The van der Waals surface area contributed by atoms with Gasteiger partial charge in [0.25, 0.3) is 5.91 Å². The lowest BCUT2D eigenvalue weighted by atomic mass is 10.1. The van der Waals surface area contributed by atoms with Crippen LogP contribution in [0.3, 0.4) is 0 Å². The second-order valence-corrected chi connectivity index (χ2v) is 3.70. The van der Waals surface area contributed by atoms with E-state index in [0.717, 1.165) is 5.56 Å². The third-order valence-electron chi connectivity index (χ3n) is 2.11. The molecule has 0 aromatic heterocycles.